The number of rotatable bonds is 4. The fourth-order valence-electron chi connectivity index (χ4n) is 1.22. The second kappa shape index (κ2) is 5.87. The number of nitrogens with one attached hydrogen (secondary N) is 2. The minimum absolute atomic E-state index is 0.139. The largest absolute Gasteiger partial charge is 0.375 e. The van der Waals surface area contributed by atoms with Gasteiger partial charge in [0.15, 0.2) is 0 Å². The van der Waals surface area contributed by atoms with E-state index in [0.29, 0.717) is 13.2 Å². The van der Waals surface area contributed by atoms with E-state index >= 15 is 0 Å². The lowest BCUT2D eigenvalue weighted by atomic mass is 10.2. The van der Waals surface area contributed by atoms with Crippen LogP contribution in [-0.4, -0.2) is 44.7 Å². The average Bonchev–Trinajstić information content (AvgIpc) is 2.16. The summed E-state index contributed by atoms with van der Waals surface area (Å²) in [6, 6.07) is 0. The third-order valence-corrected chi connectivity index (χ3v) is 1.87. The van der Waals surface area contributed by atoms with Crippen LogP contribution in [0.4, 0.5) is 8.78 Å². The number of carbonyl (C=O) groups excluding carboxylic acids is 1. The Morgan fingerprint density at radius 1 is 1.64 bits per heavy atom. The quantitative estimate of drug-likeness (QED) is 0.669. The number of carbonyl (C=O) groups is 1. The van der Waals surface area contributed by atoms with Gasteiger partial charge in [0.25, 0.3) is 6.43 Å². The molecule has 1 rings (SSSR count). The van der Waals surface area contributed by atoms with Crippen LogP contribution in [0.5, 0.6) is 0 Å². The third kappa shape index (κ3) is 4.48. The highest BCUT2D eigenvalue weighted by Gasteiger charge is 2.17. The third-order valence-electron chi connectivity index (χ3n) is 1.87. The lowest BCUT2D eigenvalue weighted by Crippen LogP contribution is -2.42. The second-order valence-electron chi connectivity index (χ2n) is 3.10. The van der Waals surface area contributed by atoms with Gasteiger partial charge in [-0.2, -0.15) is 0 Å². The maximum absolute atomic E-state index is 11.7. The summed E-state index contributed by atoms with van der Waals surface area (Å²) < 4.78 is 28.7. The van der Waals surface area contributed by atoms with E-state index in [1.165, 1.54) is 0 Å². The van der Waals surface area contributed by atoms with Crippen LogP contribution in [0.15, 0.2) is 0 Å². The van der Waals surface area contributed by atoms with Crippen molar-refractivity contribution in [3.05, 3.63) is 0 Å². The number of morpholine rings is 1. The normalized spacial score (nSPS) is 22.4. The molecular weight excluding hydrogens is 194 g/mol. The Morgan fingerprint density at radius 3 is 3.00 bits per heavy atom. The fraction of sp³-hybridized carbons (Fsp3) is 0.875. The van der Waals surface area contributed by atoms with E-state index in [1.807, 2.05) is 0 Å². The van der Waals surface area contributed by atoms with E-state index in [1.54, 1.807) is 0 Å². The smallest absolute Gasteiger partial charge is 0.255 e. The van der Waals surface area contributed by atoms with Gasteiger partial charge in [-0.15, -0.1) is 0 Å². The summed E-state index contributed by atoms with van der Waals surface area (Å²) in [5, 5.41) is 5.18. The van der Waals surface area contributed by atoms with Crippen molar-refractivity contribution >= 4 is 5.91 Å². The van der Waals surface area contributed by atoms with Crippen LogP contribution >= 0.6 is 0 Å². The highest BCUT2D eigenvalue weighted by molar-refractivity contribution is 5.76. The zero-order valence-electron chi connectivity index (χ0n) is 7.76. The number of alkyl halides is 2. The Kier molecular flexibility index (Phi) is 4.75. The average molecular weight is 208 g/mol. The minimum atomic E-state index is -2.50. The van der Waals surface area contributed by atoms with E-state index in [2.05, 4.69) is 10.6 Å². The van der Waals surface area contributed by atoms with E-state index in [9.17, 15) is 13.6 Å². The molecule has 82 valence electrons. The summed E-state index contributed by atoms with van der Waals surface area (Å²) >= 11 is 0. The van der Waals surface area contributed by atoms with Crippen LogP contribution in [0, 0.1) is 0 Å². The summed E-state index contributed by atoms with van der Waals surface area (Å²) in [4.78, 5) is 11.1. The van der Waals surface area contributed by atoms with Crippen LogP contribution in [0.2, 0.25) is 0 Å². The standard InChI is InChI=1S/C8H14F2N2O2/c9-7(10)5-12-8(13)3-6-4-11-1-2-14-6/h6-7,11H,1-5H2,(H,12,13). The molecule has 1 heterocycles. The van der Waals surface area contributed by atoms with Crippen molar-refractivity contribution in [2.24, 2.45) is 0 Å². The molecule has 1 atom stereocenters. The van der Waals surface area contributed by atoms with Crippen molar-refractivity contribution in [1.29, 1.82) is 0 Å². The first-order valence-corrected chi connectivity index (χ1v) is 4.55. The van der Waals surface area contributed by atoms with Gasteiger partial charge in [0.05, 0.1) is 25.7 Å². The molecule has 0 aromatic carbocycles. The number of hydrogen-bond acceptors (Lipinski definition) is 3. The van der Waals surface area contributed by atoms with Crippen molar-refractivity contribution < 1.29 is 18.3 Å². The molecule has 0 bridgehead atoms. The van der Waals surface area contributed by atoms with Gasteiger partial charge in [0, 0.05) is 13.1 Å². The Labute approximate surface area is 81.0 Å². The molecule has 6 heteroatoms. The summed E-state index contributed by atoms with van der Waals surface area (Å²) in [6.45, 7) is 1.35. The Hall–Kier alpha value is -0.750. The highest BCUT2D eigenvalue weighted by atomic mass is 19.3. The van der Waals surface area contributed by atoms with E-state index in [4.69, 9.17) is 4.74 Å². The van der Waals surface area contributed by atoms with Gasteiger partial charge in [0.1, 0.15) is 0 Å². The first-order chi connectivity index (χ1) is 6.68. The number of halogens is 2. The molecule has 0 aliphatic carbocycles. The van der Waals surface area contributed by atoms with Crippen molar-refractivity contribution in [2.75, 3.05) is 26.2 Å². The molecule has 14 heavy (non-hydrogen) atoms. The topological polar surface area (TPSA) is 50.4 Å². The minimum Gasteiger partial charge on any atom is -0.375 e. The predicted molar refractivity (Wildman–Crippen MR) is 46.2 cm³/mol. The molecular formula is C8H14F2N2O2. The molecule has 0 spiro atoms. The number of hydrogen-bond donors (Lipinski definition) is 2. The van der Waals surface area contributed by atoms with E-state index in [0.717, 1.165) is 6.54 Å². The van der Waals surface area contributed by atoms with Gasteiger partial charge in [-0.05, 0) is 0 Å². The molecule has 1 unspecified atom stereocenters. The van der Waals surface area contributed by atoms with Gasteiger partial charge < -0.3 is 15.4 Å². The zero-order valence-corrected chi connectivity index (χ0v) is 7.76. The van der Waals surface area contributed by atoms with Crippen molar-refractivity contribution in [2.45, 2.75) is 19.0 Å². The zero-order chi connectivity index (χ0) is 10.4. The van der Waals surface area contributed by atoms with Gasteiger partial charge in [-0.25, -0.2) is 8.78 Å². The SMILES string of the molecule is O=C(CC1CNCCO1)NCC(F)F. The molecule has 0 aromatic heterocycles. The van der Waals surface area contributed by atoms with E-state index < -0.39 is 13.0 Å². The lowest BCUT2D eigenvalue weighted by Gasteiger charge is -2.22. The highest BCUT2D eigenvalue weighted by Crippen LogP contribution is 2.01. The van der Waals surface area contributed by atoms with Crippen LogP contribution in [0.25, 0.3) is 0 Å². The van der Waals surface area contributed by atoms with E-state index in [-0.39, 0.29) is 18.4 Å². The fourth-order valence-corrected chi connectivity index (χ4v) is 1.22. The van der Waals surface area contributed by atoms with Gasteiger partial charge >= 0.3 is 0 Å². The van der Waals surface area contributed by atoms with Crippen molar-refractivity contribution in [3.63, 3.8) is 0 Å². The molecule has 1 amide bonds. The van der Waals surface area contributed by atoms with Gasteiger partial charge in [-0.3, -0.25) is 4.79 Å². The molecule has 1 saturated heterocycles. The van der Waals surface area contributed by atoms with Crippen molar-refractivity contribution in [1.82, 2.24) is 10.6 Å². The Bertz CT molecular complexity index is 184. The van der Waals surface area contributed by atoms with Gasteiger partial charge in [-0.1, -0.05) is 0 Å². The number of amides is 1. The molecule has 0 aromatic rings. The van der Waals surface area contributed by atoms with Gasteiger partial charge in [0.2, 0.25) is 5.91 Å². The second-order valence-corrected chi connectivity index (χ2v) is 3.10. The predicted octanol–water partition coefficient (Wildman–Crippen LogP) is -0.254. The molecule has 4 nitrogen and oxygen atoms in total. The van der Waals surface area contributed by atoms with Crippen LogP contribution < -0.4 is 10.6 Å². The van der Waals surface area contributed by atoms with Crippen LogP contribution in [0.3, 0.4) is 0 Å². The monoisotopic (exact) mass is 208 g/mol. The summed E-state index contributed by atoms with van der Waals surface area (Å²) in [5.74, 6) is -0.390. The van der Waals surface area contributed by atoms with Crippen LogP contribution in [0.1, 0.15) is 6.42 Å². The molecule has 1 aliphatic heterocycles. The summed E-state index contributed by atoms with van der Waals surface area (Å²) in [7, 11) is 0. The summed E-state index contributed by atoms with van der Waals surface area (Å²) in [5.41, 5.74) is 0. The maximum Gasteiger partial charge on any atom is 0.255 e. The lowest BCUT2D eigenvalue weighted by molar-refractivity contribution is -0.125. The molecule has 2 N–H and O–H groups in total. The van der Waals surface area contributed by atoms with Crippen LogP contribution in [-0.2, 0) is 9.53 Å². The number of ether oxygens (including phenoxy) is 1. The molecule has 1 fully saturated rings. The molecule has 1 aliphatic rings. The molecule has 0 saturated carbocycles. The summed E-state index contributed by atoms with van der Waals surface area (Å²) in [6.07, 6.45) is -2.55. The first-order valence-electron chi connectivity index (χ1n) is 4.55. The first kappa shape index (κ1) is 11.3. The maximum atomic E-state index is 11.7. The Morgan fingerprint density at radius 2 is 2.43 bits per heavy atom. The van der Waals surface area contributed by atoms with Crippen molar-refractivity contribution in [3.8, 4) is 0 Å². The molecule has 0 radical (unpaired) electrons. The Balaban J connectivity index is 2.12.